The maximum absolute atomic E-state index is 6.33. The fourth-order valence-electron chi connectivity index (χ4n) is 1.88. The zero-order chi connectivity index (χ0) is 15.0. The normalized spacial score (nSPS) is 10.8. The van der Waals surface area contributed by atoms with Crippen molar-refractivity contribution >= 4 is 51.3 Å². The second-order valence-corrected chi connectivity index (χ2v) is 6.09. The van der Waals surface area contributed by atoms with Gasteiger partial charge in [0, 0.05) is 10.7 Å². The van der Waals surface area contributed by atoms with Gasteiger partial charge in [0.25, 0.3) is 0 Å². The molecule has 1 aromatic carbocycles. The molecule has 0 spiro atoms. The van der Waals surface area contributed by atoms with Gasteiger partial charge in [0.1, 0.15) is 5.69 Å². The second kappa shape index (κ2) is 5.88. The monoisotopic (exact) mass is 400 g/mol. The summed E-state index contributed by atoms with van der Waals surface area (Å²) in [4.78, 5) is 4.28. The van der Waals surface area contributed by atoms with Crippen molar-refractivity contribution < 1.29 is 0 Å². The number of aromatic nitrogens is 4. The highest BCUT2D eigenvalue weighted by Gasteiger charge is 2.16. The van der Waals surface area contributed by atoms with E-state index < -0.39 is 0 Å². The highest BCUT2D eigenvalue weighted by atomic mass is 79.9. The first-order valence-electron chi connectivity index (χ1n) is 5.82. The van der Waals surface area contributed by atoms with Gasteiger partial charge in [0.2, 0.25) is 0 Å². The first kappa shape index (κ1) is 14.7. The molecule has 0 radical (unpaired) electrons. The Morgan fingerprint density at radius 3 is 2.67 bits per heavy atom. The Morgan fingerprint density at radius 1 is 1.14 bits per heavy atom. The van der Waals surface area contributed by atoms with Gasteiger partial charge in [-0.15, -0.1) is 0 Å². The average molecular weight is 402 g/mol. The van der Waals surface area contributed by atoms with Gasteiger partial charge in [-0.3, -0.25) is 14.6 Å². The van der Waals surface area contributed by atoms with Crippen molar-refractivity contribution in [3.63, 3.8) is 0 Å². The highest BCUT2D eigenvalue weighted by molar-refractivity contribution is 9.10. The molecule has 0 saturated heterocycles. The van der Waals surface area contributed by atoms with Gasteiger partial charge < -0.3 is 0 Å². The van der Waals surface area contributed by atoms with Gasteiger partial charge in [-0.1, -0.05) is 29.3 Å². The second-order valence-electron chi connectivity index (χ2n) is 4.10. The number of nitrogens with zero attached hydrogens (tertiary/aromatic N) is 3. The topological polar surface area (TPSA) is 46.5 Å². The lowest BCUT2D eigenvalue weighted by Gasteiger charge is -2.10. The molecular formula is C13H7BrCl2N4S. The number of rotatable bonds is 2. The predicted octanol–water partition coefficient (Wildman–Crippen LogP) is 5.06. The molecule has 2 aromatic heterocycles. The van der Waals surface area contributed by atoms with Crippen LogP contribution in [0.3, 0.4) is 0 Å². The minimum atomic E-state index is 0.390. The van der Waals surface area contributed by atoms with E-state index in [0.29, 0.717) is 36.5 Å². The molecule has 4 nitrogen and oxygen atoms in total. The third kappa shape index (κ3) is 2.64. The molecule has 0 bridgehead atoms. The van der Waals surface area contributed by atoms with Gasteiger partial charge in [-0.05, 0) is 52.4 Å². The molecule has 0 aliphatic rings. The molecule has 0 atom stereocenters. The quantitative estimate of drug-likeness (QED) is 0.482. The van der Waals surface area contributed by atoms with E-state index in [-0.39, 0.29) is 0 Å². The van der Waals surface area contributed by atoms with Crippen LogP contribution in [-0.4, -0.2) is 19.7 Å². The summed E-state index contributed by atoms with van der Waals surface area (Å²) in [7, 11) is 0. The summed E-state index contributed by atoms with van der Waals surface area (Å²) >= 11 is 21.1. The predicted molar refractivity (Wildman–Crippen MR) is 89.7 cm³/mol. The number of benzene rings is 1. The molecule has 0 saturated carbocycles. The highest BCUT2D eigenvalue weighted by Crippen LogP contribution is 2.36. The van der Waals surface area contributed by atoms with Crippen LogP contribution in [-0.2, 0) is 0 Å². The third-order valence-corrected chi connectivity index (χ3v) is 4.86. The van der Waals surface area contributed by atoms with Crippen molar-refractivity contribution in [2.24, 2.45) is 0 Å². The lowest BCUT2D eigenvalue weighted by molar-refractivity contribution is 1.03. The molecule has 3 aromatic rings. The van der Waals surface area contributed by atoms with Gasteiger partial charge in [0.15, 0.2) is 10.6 Å². The van der Waals surface area contributed by atoms with Crippen LogP contribution in [0, 0.1) is 4.77 Å². The standard InChI is InChI=1S/C13H7BrCl2N4S/c14-7-4-5-9(11(16)10(7)15)20-12(18-19-13(20)21)8-3-1-2-6-17-8/h1-6H,(H,19,21). The van der Waals surface area contributed by atoms with Gasteiger partial charge in [0.05, 0.1) is 15.7 Å². The molecule has 3 rings (SSSR count). The molecule has 2 heterocycles. The maximum atomic E-state index is 6.33. The van der Waals surface area contributed by atoms with E-state index in [1.165, 1.54) is 0 Å². The molecule has 0 aliphatic carbocycles. The van der Waals surface area contributed by atoms with E-state index >= 15 is 0 Å². The van der Waals surface area contributed by atoms with Crippen LogP contribution in [0.2, 0.25) is 10.0 Å². The molecule has 0 aliphatic heterocycles. The van der Waals surface area contributed by atoms with Crippen LogP contribution in [0.5, 0.6) is 0 Å². The largest absolute Gasteiger partial charge is 0.265 e. The van der Waals surface area contributed by atoms with Crippen LogP contribution >= 0.6 is 51.3 Å². The summed E-state index contributed by atoms with van der Waals surface area (Å²) in [5, 5.41) is 7.79. The van der Waals surface area contributed by atoms with Crippen molar-refractivity contribution in [2.45, 2.75) is 0 Å². The first-order chi connectivity index (χ1) is 10.1. The zero-order valence-corrected chi connectivity index (χ0v) is 14.3. The first-order valence-corrected chi connectivity index (χ1v) is 7.78. The van der Waals surface area contributed by atoms with E-state index in [2.05, 4.69) is 31.1 Å². The smallest absolute Gasteiger partial charge is 0.200 e. The third-order valence-electron chi connectivity index (χ3n) is 2.82. The molecule has 0 unspecified atom stereocenters. The van der Waals surface area contributed by atoms with Crippen LogP contribution in [0.4, 0.5) is 0 Å². The molecular weight excluding hydrogens is 395 g/mol. The Balaban J connectivity index is 2.28. The number of hydrogen-bond donors (Lipinski definition) is 1. The summed E-state index contributed by atoms with van der Waals surface area (Å²) in [6, 6.07) is 9.17. The lowest BCUT2D eigenvalue weighted by Crippen LogP contribution is -2.00. The van der Waals surface area contributed by atoms with E-state index in [0.717, 1.165) is 0 Å². The van der Waals surface area contributed by atoms with E-state index in [1.807, 2.05) is 24.3 Å². The lowest BCUT2D eigenvalue weighted by atomic mass is 10.3. The zero-order valence-electron chi connectivity index (χ0n) is 10.3. The Labute approximate surface area is 143 Å². The number of aromatic amines is 1. The van der Waals surface area contributed by atoms with Crippen LogP contribution in [0.25, 0.3) is 17.2 Å². The average Bonchev–Trinajstić information content (AvgIpc) is 2.88. The molecule has 106 valence electrons. The van der Waals surface area contributed by atoms with Crippen LogP contribution in [0.15, 0.2) is 41.0 Å². The summed E-state index contributed by atoms with van der Waals surface area (Å²) in [5.41, 5.74) is 1.32. The van der Waals surface area contributed by atoms with Crippen molar-refractivity contribution in [3.8, 4) is 17.2 Å². The molecule has 0 fully saturated rings. The fourth-order valence-corrected chi connectivity index (χ4v) is 2.96. The van der Waals surface area contributed by atoms with Crippen LogP contribution in [0.1, 0.15) is 0 Å². The van der Waals surface area contributed by atoms with E-state index in [9.17, 15) is 0 Å². The number of hydrogen-bond acceptors (Lipinski definition) is 3. The van der Waals surface area contributed by atoms with Crippen LogP contribution < -0.4 is 0 Å². The molecule has 8 heteroatoms. The van der Waals surface area contributed by atoms with Crippen molar-refractivity contribution in [1.82, 2.24) is 19.7 Å². The molecule has 0 amide bonds. The Bertz CT molecular complexity index is 860. The van der Waals surface area contributed by atoms with Gasteiger partial charge in [-0.2, -0.15) is 5.10 Å². The summed E-state index contributed by atoms with van der Waals surface area (Å²) < 4.78 is 2.83. The number of nitrogens with one attached hydrogen (secondary N) is 1. The maximum Gasteiger partial charge on any atom is 0.200 e. The SMILES string of the molecule is S=c1[nH]nc(-c2ccccn2)n1-c1ccc(Br)c(Cl)c1Cl. The minimum Gasteiger partial charge on any atom is -0.265 e. The van der Waals surface area contributed by atoms with Crippen molar-refractivity contribution in [3.05, 3.63) is 55.8 Å². The number of pyridine rings is 1. The van der Waals surface area contributed by atoms with Gasteiger partial charge >= 0.3 is 0 Å². The fraction of sp³-hybridized carbons (Fsp3) is 0. The minimum absolute atomic E-state index is 0.390. The summed E-state index contributed by atoms with van der Waals surface area (Å²) in [6.45, 7) is 0. The van der Waals surface area contributed by atoms with E-state index in [1.54, 1.807) is 16.8 Å². The van der Waals surface area contributed by atoms with E-state index in [4.69, 9.17) is 35.4 Å². The summed E-state index contributed by atoms with van der Waals surface area (Å²) in [5.74, 6) is 0.570. The number of H-pyrrole nitrogens is 1. The Hall–Kier alpha value is -1.21. The summed E-state index contributed by atoms with van der Waals surface area (Å²) in [6.07, 6.45) is 1.69. The number of halogens is 3. The van der Waals surface area contributed by atoms with Crippen molar-refractivity contribution in [1.29, 1.82) is 0 Å². The Kier molecular flexibility index (Phi) is 4.12. The van der Waals surface area contributed by atoms with Crippen molar-refractivity contribution in [2.75, 3.05) is 0 Å². The molecule has 1 N–H and O–H groups in total. The Morgan fingerprint density at radius 2 is 1.95 bits per heavy atom. The molecule has 21 heavy (non-hydrogen) atoms. The van der Waals surface area contributed by atoms with Gasteiger partial charge in [-0.25, -0.2) is 0 Å².